The van der Waals surface area contributed by atoms with Crippen molar-refractivity contribution < 1.29 is 69.4 Å². The first-order valence-corrected chi connectivity index (χ1v) is 19.0. The van der Waals surface area contributed by atoms with Gasteiger partial charge in [0.05, 0.1) is 0 Å². The summed E-state index contributed by atoms with van der Waals surface area (Å²) < 4.78 is 65.5. The molecule has 4 aromatic carbocycles. The van der Waals surface area contributed by atoms with E-state index >= 15 is 0 Å². The summed E-state index contributed by atoms with van der Waals surface area (Å²) in [7, 11) is 0. The van der Waals surface area contributed by atoms with Gasteiger partial charge in [0.1, 0.15) is 0 Å². The fourth-order valence-electron chi connectivity index (χ4n) is 4.91. The summed E-state index contributed by atoms with van der Waals surface area (Å²) >= 11 is -6.64. The van der Waals surface area contributed by atoms with Crippen LogP contribution in [-0.2, 0) is 12.3 Å². The van der Waals surface area contributed by atoms with Crippen LogP contribution < -0.4 is 37.9 Å². The molecule has 4 aliphatic heterocycles. The Morgan fingerprint density at radius 3 is 0.837 bits per heavy atom. The van der Waals surface area contributed by atoms with Crippen molar-refractivity contribution in [1.82, 2.24) is 0 Å². The van der Waals surface area contributed by atoms with Gasteiger partial charge in [-0.3, -0.25) is 0 Å². The minimum atomic E-state index is -6.64. The molecule has 0 aromatic heterocycles. The molecule has 17 heteroatoms. The van der Waals surface area contributed by atoms with Crippen molar-refractivity contribution >= 4 is 43.9 Å². The second kappa shape index (κ2) is 12.2. The molecule has 0 fully saturated rings. The Kier molecular flexibility index (Phi) is 7.54. The van der Waals surface area contributed by atoms with Crippen LogP contribution in [0.1, 0.15) is 41.4 Å². The molecule has 4 heterocycles. The van der Waals surface area contributed by atoms with Crippen molar-refractivity contribution in [2.75, 3.05) is 27.2 Å². The molecule has 0 saturated heterocycles. The Morgan fingerprint density at radius 2 is 0.592 bits per heavy atom. The zero-order valence-corrected chi connectivity index (χ0v) is 27.6. The van der Waals surface area contributed by atoms with Gasteiger partial charge in [0.2, 0.25) is 0 Å². The maximum atomic E-state index is 13.7. The molecule has 248 valence electrons. The summed E-state index contributed by atoms with van der Waals surface area (Å²) in [5.74, 6) is -2.29. The van der Waals surface area contributed by atoms with Gasteiger partial charge in [-0.1, -0.05) is 0 Å². The quantitative estimate of drug-likeness (QED) is 0.236. The zero-order chi connectivity index (χ0) is 33.5. The molecular weight excluding hydrogens is 759 g/mol. The van der Waals surface area contributed by atoms with Crippen LogP contribution in [0.15, 0.2) is 72.8 Å². The van der Waals surface area contributed by atoms with Gasteiger partial charge >= 0.3 is 281 Å². The summed E-state index contributed by atoms with van der Waals surface area (Å²) in [6.45, 7) is -0.316. The van der Waals surface area contributed by atoms with Crippen molar-refractivity contribution in [2.24, 2.45) is 0 Å². The SMILES string of the molecule is O=C([O][Sn]([O]C(=O)c1ccc2c(c1)OCO2)([O]C(=O)c1ccc2c(c1)OCO2)[O]C(=O)c1ccc2c(c1)OCO2)c1ccc2c(c1)OCO2. The topological polar surface area (TPSA) is 179 Å². The number of carbonyl (C=O) groups is 4. The molecule has 0 amide bonds. The number of hydrogen-bond donors (Lipinski definition) is 0. The predicted octanol–water partition coefficient (Wildman–Crippen LogP) is 3.76. The Labute approximate surface area is 280 Å². The van der Waals surface area contributed by atoms with Gasteiger partial charge in [0.25, 0.3) is 0 Å². The first kappa shape index (κ1) is 30.3. The number of ether oxygens (including phenoxy) is 8. The van der Waals surface area contributed by atoms with Crippen molar-refractivity contribution in [3.05, 3.63) is 95.1 Å². The van der Waals surface area contributed by atoms with E-state index in [0.717, 1.165) is 0 Å². The van der Waals surface area contributed by atoms with Crippen molar-refractivity contribution in [1.29, 1.82) is 0 Å². The average molecular weight is 779 g/mol. The van der Waals surface area contributed by atoms with Gasteiger partial charge in [0.15, 0.2) is 0 Å². The number of carbonyl (C=O) groups excluding carboxylic acids is 4. The molecule has 16 nitrogen and oxygen atoms in total. The van der Waals surface area contributed by atoms with E-state index in [4.69, 9.17) is 50.2 Å². The molecule has 4 aliphatic rings. The van der Waals surface area contributed by atoms with Crippen LogP contribution >= 0.6 is 0 Å². The van der Waals surface area contributed by atoms with Crippen LogP contribution in [0.2, 0.25) is 0 Å². The molecule has 0 atom stereocenters. The van der Waals surface area contributed by atoms with Crippen LogP contribution in [0, 0.1) is 0 Å². The summed E-state index contributed by atoms with van der Waals surface area (Å²) in [6, 6.07) is 16.4. The molecule has 49 heavy (non-hydrogen) atoms. The van der Waals surface area contributed by atoms with E-state index in [1.165, 1.54) is 72.8 Å². The van der Waals surface area contributed by atoms with Crippen LogP contribution in [0.5, 0.6) is 46.0 Å². The van der Waals surface area contributed by atoms with Gasteiger partial charge in [-0.2, -0.15) is 0 Å². The minimum absolute atomic E-state index is 0.0789. The van der Waals surface area contributed by atoms with Gasteiger partial charge < -0.3 is 0 Å². The summed E-state index contributed by atoms with van der Waals surface area (Å²) in [4.78, 5) is 54.9. The standard InChI is InChI=1S/4C8H6O4.Sn/c4*9-8(10)5-1-2-6-7(3-5)12-4-11-6;/h4*1-3H,4H2,(H,9,10);/q;;;;+4/p-4. The normalized spacial score (nSPS) is 14.2. The van der Waals surface area contributed by atoms with E-state index in [2.05, 4.69) is 0 Å². The van der Waals surface area contributed by atoms with Gasteiger partial charge in [-0.15, -0.1) is 0 Å². The molecule has 0 bridgehead atoms. The third-order valence-electron chi connectivity index (χ3n) is 7.30. The van der Waals surface area contributed by atoms with Gasteiger partial charge in [0, 0.05) is 0 Å². The van der Waals surface area contributed by atoms with Crippen molar-refractivity contribution in [3.63, 3.8) is 0 Å². The zero-order valence-electron chi connectivity index (χ0n) is 24.8. The van der Waals surface area contributed by atoms with Crippen LogP contribution in [0.4, 0.5) is 0 Å². The molecule has 0 radical (unpaired) electrons. The average Bonchev–Trinajstić information content (AvgIpc) is 3.93. The number of fused-ring (bicyclic) bond motifs is 4. The van der Waals surface area contributed by atoms with E-state index in [1.807, 2.05) is 0 Å². The van der Waals surface area contributed by atoms with Gasteiger partial charge in [-0.25, -0.2) is 0 Å². The Bertz CT molecular complexity index is 1750. The Morgan fingerprint density at radius 1 is 0.367 bits per heavy atom. The second-order valence-corrected chi connectivity index (χ2v) is 15.5. The van der Waals surface area contributed by atoms with Gasteiger partial charge in [-0.05, 0) is 0 Å². The number of hydrogen-bond acceptors (Lipinski definition) is 16. The monoisotopic (exact) mass is 780 g/mol. The number of rotatable bonds is 8. The van der Waals surface area contributed by atoms with Crippen molar-refractivity contribution in [3.8, 4) is 46.0 Å². The van der Waals surface area contributed by atoms with Crippen molar-refractivity contribution in [2.45, 2.75) is 0 Å². The third kappa shape index (κ3) is 5.97. The molecule has 8 rings (SSSR count). The Balaban J connectivity index is 1.18. The predicted molar refractivity (Wildman–Crippen MR) is 158 cm³/mol. The third-order valence-corrected chi connectivity index (χ3v) is 12.3. The first-order chi connectivity index (χ1) is 23.8. The molecule has 0 aliphatic carbocycles. The second-order valence-electron chi connectivity index (χ2n) is 10.3. The summed E-state index contributed by atoms with van der Waals surface area (Å²) in [5.41, 5.74) is -0.490. The summed E-state index contributed by atoms with van der Waals surface area (Å²) in [6.07, 6.45) is 0. The molecular formula is C32H20O16Sn. The van der Waals surface area contributed by atoms with E-state index in [9.17, 15) is 19.2 Å². The molecule has 0 unspecified atom stereocenters. The maximum absolute atomic E-state index is 13.7. The molecule has 0 saturated carbocycles. The van der Waals surface area contributed by atoms with Crippen LogP contribution in [-0.4, -0.2) is 71.1 Å². The van der Waals surface area contributed by atoms with E-state index < -0.39 is 43.9 Å². The first-order valence-electron chi connectivity index (χ1n) is 14.3. The molecule has 0 N–H and O–H groups in total. The van der Waals surface area contributed by atoms with Crippen LogP contribution in [0.3, 0.4) is 0 Å². The Hall–Kier alpha value is -6.04. The van der Waals surface area contributed by atoms with E-state index in [0.29, 0.717) is 23.0 Å². The fraction of sp³-hybridized carbons (Fsp3) is 0.125. The fourth-order valence-corrected chi connectivity index (χ4v) is 9.56. The molecule has 4 aromatic rings. The van der Waals surface area contributed by atoms with E-state index in [-0.39, 0.29) is 72.4 Å². The van der Waals surface area contributed by atoms with E-state index in [1.54, 1.807) is 0 Å². The van der Waals surface area contributed by atoms with Crippen LogP contribution in [0.25, 0.3) is 0 Å². The number of benzene rings is 4. The summed E-state index contributed by atoms with van der Waals surface area (Å²) in [5, 5.41) is 0. The molecule has 0 spiro atoms.